The third-order valence-corrected chi connectivity index (χ3v) is 5.79. The standard InChI is InChI=1S/C8H18FOSi.Li/c1-7(2,3)11(9,10)8(4,5)6;/h1-6H3;/q-1;+1. The van der Waals surface area contributed by atoms with Gasteiger partial charge < -0.3 is 8.90 Å². The van der Waals surface area contributed by atoms with Crippen LogP contribution in [-0.2, 0) is 0 Å². The topological polar surface area (TPSA) is 23.1 Å². The molecule has 0 aromatic carbocycles. The fourth-order valence-corrected chi connectivity index (χ4v) is 3.38. The van der Waals surface area contributed by atoms with Crippen LogP contribution >= 0.6 is 0 Å². The van der Waals surface area contributed by atoms with Crippen LogP contribution in [0, 0.1) is 0 Å². The Morgan fingerprint density at radius 1 is 0.917 bits per heavy atom. The molecule has 0 radical (unpaired) electrons. The number of hydrogen-bond donors (Lipinski definition) is 0. The SMILES string of the molecule is CC(C)(C)[Si]([O-])(F)C(C)(C)C.[Li+]. The van der Waals surface area contributed by atoms with Crippen molar-refractivity contribution in [2.75, 3.05) is 0 Å². The maximum atomic E-state index is 13.7. The van der Waals surface area contributed by atoms with Gasteiger partial charge in [-0.2, -0.15) is 0 Å². The molecule has 4 heteroatoms. The van der Waals surface area contributed by atoms with Gasteiger partial charge in [-0.15, -0.1) is 0 Å². The van der Waals surface area contributed by atoms with Crippen LogP contribution in [0.2, 0.25) is 10.1 Å². The van der Waals surface area contributed by atoms with Crippen LogP contribution in [-0.4, -0.2) is 8.65 Å². The zero-order valence-corrected chi connectivity index (χ0v) is 10.3. The molecule has 0 fully saturated rings. The molecule has 0 saturated carbocycles. The second-order valence-corrected chi connectivity index (χ2v) is 9.29. The summed E-state index contributed by atoms with van der Waals surface area (Å²) in [6.07, 6.45) is 0. The first kappa shape index (κ1) is 15.2. The Balaban J connectivity index is 0. The third-order valence-electron chi connectivity index (χ3n) is 1.93. The number of halogens is 1. The number of rotatable bonds is 0. The van der Waals surface area contributed by atoms with E-state index in [2.05, 4.69) is 0 Å². The van der Waals surface area contributed by atoms with E-state index in [1.807, 2.05) is 0 Å². The Bertz CT molecular complexity index is 130. The molecule has 0 unspecified atom stereocenters. The average molecular weight is 184 g/mol. The summed E-state index contributed by atoms with van der Waals surface area (Å²) in [5.74, 6) is 0. The van der Waals surface area contributed by atoms with Gasteiger partial charge in [0.25, 0.3) is 0 Å². The van der Waals surface area contributed by atoms with Crippen LogP contribution in [0.1, 0.15) is 41.5 Å². The van der Waals surface area contributed by atoms with Crippen molar-refractivity contribution in [3.05, 3.63) is 0 Å². The maximum Gasteiger partial charge on any atom is 1.00 e. The van der Waals surface area contributed by atoms with Gasteiger partial charge in [-0.25, -0.2) is 0 Å². The van der Waals surface area contributed by atoms with E-state index in [4.69, 9.17) is 0 Å². The van der Waals surface area contributed by atoms with Gasteiger partial charge in [-0.1, -0.05) is 41.5 Å². The largest absolute Gasteiger partial charge is 1.00 e. The van der Waals surface area contributed by atoms with Gasteiger partial charge in [-0.05, 0) is 10.1 Å². The predicted octanol–water partition coefficient (Wildman–Crippen LogP) is -0.637. The normalized spacial score (nSPS) is 14.0. The van der Waals surface area contributed by atoms with E-state index in [9.17, 15) is 8.90 Å². The Labute approximate surface area is 88.2 Å². The van der Waals surface area contributed by atoms with E-state index in [-0.39, 0.29) is 18.9 Å². The van der Waals surface area contributed by atoms with Gasteiger partial charge >= 0.3 is 18.9 Å². The van der Waals surface area contributed by atoms with Crippen molar-refractivity contribution >= 4 is 8.65 Å². The maximum absolute atomic E-state index is 13.7. The molecule has 0 heterocycles. The second-order valence-electron chi connectivity index (χ2n) is 5.10. The molecule has 68 valence electrons. The van der Waals surface area contributed by atoms with Crippen LogP contribution < -0.4 is 23.7 Å². The van der Waals surface area contributed by atoms with Gasteiger partial charge in [0.05, 0.1) is 0 Å². The minimum Gasteiger partial charge on any atom is -0.833 e. The van der Waals surface area contributed by atoms with E-state index in [1.54, 1.807) is 41.5 Å². The van der Waals surface area contributed by atoms with E-state index in [0.29, 0.717) is 0 Å². The molecular weight excluding hydrogens is 166 g/mol. The molecule has 12 heavy (non-hydrogen) atoms. The van der Waals surface area contributed by atoms with Crippen LogP contribution in [0.15, 0.2) is 0 Å². The molecule has 0 N–H and O–H groups in total. The molecule has 0 spiro atoms. The molecule has 0 bridgehead atoms. The van der Waals surface area contributed by atoms with E-state index < -0.39 is 18.7 Å². The van der Waals surface area contributed by atoms with Gasteiger partial charge in [-0.3, -0.25) is 0 Å². The summed E-state index contributed by atoms with van der Waals surface area (Å²) in [6.45, 7) is 10.2. The van der Waals surface area contributed by atoms with E-state index in [1.165, 1.54) is 0 Å². The summed E-state index contributed by atoms with van der Waals surface area (Å²) in [7, 11) is -3.86. The molecule has 0 atom stereocenters. The van der Waals surface area contributed by atoms with Crippen LogP contribution in [0.4, 0.5) is 4.11 Å². The van der Waals surface area contributed by atoms with Crippen molar-refractivity contribution in [3.8, 4) is 0 Å². The second kappa shape index (κ2) is 3.83. The van der Waals surface area contributed by atoms with Crippen molar-refractivity contribution in [2.24, 2.45) is 0 Å². The fourth-order valence-electron chi connectivity index (χ4n) is 1.12. The first-order valence-electron chi connectivity index (χ1n) is 3.89. The monoisotopic (exact) mass is 184 g/mol. The van der Waals surface area contributed by atoms with Crippen LogP contribution in [0.25, 0.3) is 0 Å². The molecule has 1 nitrogen and oxygen atoms in total. The fraction of sp³-hybridized carbons (Fsp3) is 1.00. The molecule has 0 aromatic heterocycles. The van der Waals surface area contributed by atoms with Crippen molar-refractivity contribution in [1.82, 2.24) is 0 Å². The first-order chi connectivity index (χ1) is 4.50. The van der Waals surface area contributed by atoms with Crippen molar-refractivity contribution < 1.29 is 27.8 Å². The first-order valence-corrected chi connectivity index (χ1v) is 5.68. The zero-order valence-electron chi connectivity index (χ0n) is 9.29. The van der Waals surface area contributed by atoms with Gasteiger partial charge in [0.15, 0.2) is 8.65 Å². The molecule has 0 rings (SSSR count). The van der Waals surface area contributed by atoms with E-state index >= 15 is 0 Å². The summed E-state index contributed by atoms with van der Waals surface area (Å²) in [5.41, 5.74) is 0. The minimum absolute atomic E-state index is 0. The van der Waals surface area contributed by atoms with E-state index in [0.717, 1.165) is 0 Å². The third kappa shape index (κ3) is 2.88. The van der Waals surface area contributed by atoms with Crippen molar-refractivity contribution in [3.63, 3.8) is 0 Å². The molecule has 0 amide bonds. The Morgan fingerprint density at radius 2 is 1.08 bits per heavy atom. The molecule has 0 aliphatic heterocycles. The average Bonchev–Trinajstić information content (AvgIpc) is 1.58. The molecule has 0 aromatic rings. The molecular formula is C8H18FLiOSi. The summed E-state index contributed by atoms with van der Waals surface area (Å²) in [5, 5.41) is -1.41. The van der Waals surface area contributed by atoms with Crippen LogP contribution in [0.3, 0.4) is 0 Å². The summed E-state index contributed by atoms with van der Waals surface area (Å²) in [4.78, 5) is 11.6. The van der Waals surface area contributed by atoms with Gasteiger partial charge in [0.2, 0.25) is 0 Å². The Kier molecular flexibility index (Phi) is 4.85. The summed E-state index contributed by atoms with van der Waals surface area (Å²) in [6, 6.07) is 0. The van der Waals surface area contributed by atoms with Crippen LogP contribution in [0.5, 0.6) is 0 Å². The van der Waals surface area contributed by atoms with Gasteiger partial charge in [0, 0.05) is 0 Å². The quantitative estimate of drug-likeness (QED) is 0.363. The minimum atomic E-state index is -3.86. The van der Waals surface area contributed by atoms with Crippen molar-refractivity contribution in [2.45, 2.75) is 51.6 Å². The predicted molar refractivity (Wildman–Crippen MR) is 46.3 cm³/mol. The molecule has 0 saturated heterocycles. The molecule has 0 aliphatic carbocycles. The Morgan fingerprint density at radius 3 is 1.08 bits per heavy atom. The Hall–Kier alpha value is 0.704. The number of hydrogen-bond acceptors (Lipinski definition) is 1. The smallest absolute Gasteiger partial charge is 0.833 e. The summed E-state index contributed by atoms with van der Waals surface area (Å²) >= 11 is 0. The molecule has 0 aliphatic rings. The zero-order chi connectivity index (χ0) is 9.50. The summed E-state index contributed by atoms with van der Waals surface area (Å²) < 4.78 is 13.7. The van der Waals surface area contributed by atoms with Crippen molar-refractivity contribution in [1.29, 1.82) is 0 Å². The van der Waals surface area contributed by atoms with Gasteiger partial charge in [0.1, 0.15) is 0 Å².